The highest BCUT2D eigenvalue weighted by Gasteiger charge is 2.27. The monoisotopic (exact) mass is 471 g/mol. The van der Waals surface area contributed by atoms with E-state index in [1.54, 1.807) is 18.3 Å². The lowest BCUT2D eigenvalue weighted by molar-refractivity contribution is 0.0702. The zero-order valence-electron chi connectivity index (χ0n) is 19.6. The third kappa shape index (κ3) is 5.66. The minimum Gasteiger partial charge on any atom is -0.477 e. The summed E-state index contributed by atoms with van der Waals surface area (Å²) in [6.07, 6.45) is 7.28. The molecule has 4 rings (SSSR count). The normalized spacial score (nSPS) is 21.1. The van der Waals surface area contributed by atoms with E-state index in [1.807, 2.05) is 11.0 Å². The Labute approximate surface area is 199 Å². The van der Waals surface area contributed by atoms with Crippen LogP contribution < -0.4 is 10.1 Å². The molecule has 2 N–H and O–H groups in total. The molecular weight excluding hydrogens is 438 g/mol. The number of carboxylic acids is 1. The van der Waals surface area contributed by atoms with Crippen molar-refractivity contribution in [2.24, 2.45) is 0 Å². The predicted octanol–water partition coefficient (Wildman–Crippen LogP) is 5.18. The third-order valence-corrected chi connectivity index (χ3v) is 7.91. The predicted molar refractivity (Wildman–Crippen MR) is 130 cm³/mol. The molecular formula is C25H33N3O4S. The number of thiophene rings is 1. The summed E-state index contributed by atoms with van der Waals surface area (Å²) in [6, 6.07) is 5.70. The number of rotatable bonds is 6. The molecule has 178 valence electrons. The van der Waals surface area contributed by atoms with Crippen LogP contribution in [0.3, 0.4) is 0 Å². The summed E-state index contributed by atoms with van der Waals surface area (Å²) in [5.41, 5.74) is 1.26. The second-order valence-electron chi connectivity index (χ2n) is 10.0. The van der Waals surface area contributed by atoms with Gasteiger partial charge in [-0.05, 0) is 56.1 Å². The number of pyridine rings is 1. The van der Waals surface area contributed by atoms with Crippen LogP contribution in [0.2, 0.25) is 0 Å². The van der Waals surface area contributed by atoms with Gasteiger partial charge < -0.3 is 20.1 Å². The maximum Gasteiger partial charge on any atom is 0.348 e. The molecule has 7 nitrogen and oxygen atoms in total. The minimum absolute atomic E-state index is 0.0410. The highest BCUT2D eigenvalue weighted by molar-refractivity contribution is 7.14. The van der Waals surface area contributed by atoms with Crippen LogP contribution in [0.1, 0.15) is 84.2 Å². The molecule has 0 bridgehead atoms. The van der Waals surface area contributed by atoms with Gasteiger partial charge in [0, 0.05) is 41.8 Å². The Kier molecular flexibility index (Phi) is 6.93. The van der Waals surface area contributed by atoms with Gasteiger partial charge in [0.15, 0.2) is 0 Å². The number of hydrogen-bond donors (Lipinski definition) is 2. The van der Waals surface area contributed by atoms with Crippen LogP contribution in [0.15, 0.2) is 24.4 Å². The Morgan fingerprint density at radius 2 is 1.85 bits per heavy atom. The van der Waals surface area contributed by atoms with E-state index in [2.05, 4.69) is 31.1 Å². The van der Waals surface area contributed by atoms with Crippen LogP contribution in [-0.2, 0) is 5.41 Å². The Hall–Kier alpha value is -2.61. The average Bonchev–Trinajstić information content (AvgIpc) is 3.45. The smallest absolute Gasteiger partial charge is 0.348 e. The molecule has 0 aromatic carbocycles. The van der Waals surface area contributed by atoms with E-state index >= 15 is 0 Å². The summed E-state index contributed by atoms with van der Waals surface area (Å²) in [4.78, 5) is 32.0. The van der Waals surface area contributed by atoms with Crippen molar-refractivity contribution in [1.29, 1.82) is 0 Å². The van der Waals surface area contributed by atoms with Crippen LogP contribution in [0.25, 0.3) is 0 Å². The SMILES string of the molecule is CC(C)(C)c1cc(N[C@H]2CC[C@H](Oc3cc(C(=O)N4CCCC4)ccn3)CC2)c(C(=O)O)s1. The van der Waals surface area contributed by atoms with Crippen molar-refractivity contribution in [1.82, 2.24) is 9.88 Å². The summed E-state index contributed by atoms with van der Waals surface area (Å²) in [6.45, 7) is 7.92. The van der Waals surface area contributed by atoms with Gasteiger partial charge in [-0.25, -0.2) is 9.78 Å². The Morgan fingerprint density at radius 3 is 2.48 bits per heavy atom. The van der Waals surface area contributed by atoms with Crippen LogP contribution in [-0.4, -0.2) is 52.1 Å². The van der Waals surface area contributed by atoms with Crippen molar-refractivity contribution in [2.45, 2.75) is 76.9 Å². The van der Waals surface area contributed by atoms with Gasteiger partial charge in [0.2, 0.25) is 5.88 Å². The highest BCUT2D eigenvalue weighted by atomic mass is 32.1. The number of nitrogens with zero attached hydrogens (tertiary/aromatic N) is 2. The van der Waals surface area contributed by atoms with Crippen LogP contribution in [0.4, 0.5) is 5.69 Å². The first-order chi connectivity index (χ1) is 15.7. The first kappa shape index (κ1) is 23.5. The lowest BCUT2D eigenvalue weighted by atomic mass is 9.92. The fourth-order valence-electron chi connectivity index (χ4n) is 4.45. The Morgan fingerprint density at radius 1 is 1.15 bits per heavy atom. The van der Waals surface area contributed by atoms with Gasteiger partial charge in [-0.1, -0.05) is 20.8 Å². The molecule has 0 radical (unpaired) electrons. The molecule has 0 unspecified atom stereocenters. The van der Waals surface area contributed by atoms with E-state index < -0.39 is 5.97 Å². The fraction of sp³-hybridized carbons (Fsp3) is 0.560. The molecule has 2 aromatic heterocycles. The number of carboxylic acid groups (broad SMARTS) is 1. The molecule has 1 saturated carbocycles. The molecule has 3 heterocycles. The zero-order valence-corrected chi connectivity index (χ0v) is 20.4. The molecule has 33 heavy (non-hydrogen) atoms. The lowest BCUT2D eigenvalue weighted by Gasteiger charge is -2.30. The average molecular weight is 472 g/mol. The summed E-state index contributed by atoms with van der Waals surface area (Å²) in [5, 5.41) is 13.1. The van der Waals surface area contributed by atoms with Crippen LogP contribution in [0, 0.1) is 0 Å². The maximum absolute atomic E-state index is 12.6. The Balaban J connectivity index is 1.34. The van der Waals surface area contributed by atoms with Crippen molar-refractivity contribution in [3.8, 4) is 5.88 Å². The fourth-order valence-corrected chi connectivity index (χ4v) is 5.47. The van der Waals surface area contributed by atoms with Crippen molar-refractivity contribution >= 4 is 28.9 Å². The zero-order chi connectivity index (χ0) is 23.6. The summed E-state index contributed by atoms with van der Waals surface area (Å²) in [7, 11) is 0. The number of carbonyl (C=O) groups is 2. The van der Waals surface area contributed by atoms with Gasteiger partial charge in [0.25, 0.3) is 5.91 Å². The molecule has 1 aliphatic carbocycles. The van der Waals surface area contributed by atoms with E-state index in [1.165, 1.54) is 11.3 Å². The molecule has 1 aliphatic heterocycles. The summed E-state index contributed by atoms with van der Waals surface area (Å²) < 4.78 is 6.12. The molecule has 0 atom stereocenters. The van der Waals surface area contributed by atoms with Gasteiger partial charge in [0.1, 0.15) is 11.0 Å². The van der Waals surface area contributed by atoms with E-state index in [0.29, 0.717) is 16.3 Å². The number of aromatic carboxylic acids is 1. The van der Waals surface area contributed by atoms with Crippen molar-refractivity contribution in [3.05, 3.63) is 39.7 Å². The quantitative estimate of drug-likeness (QED) is 0.603. The molecule has 1 amide bonds. The first-order valence-electron chi connectivity index (χ1n) is 11.8. The maximum atomic E-state index is 12.6. The van der Waals surface area contributed by atoms with Gasteiger partial charge in [0.05, 0.1) is 5.69 Å². The van der Waals surface area contributed by atoms with Crippen molar-refractivity contribution in [3.63, 3.8) is 0 Å². The van der Waals surface area contributed by atoms with Gasteiger partial charge >= 0.3 is 5.97 Å². The number of carbonyl (C=O) groups excluding carboxylic acids is 1. The third-order valence-electron chi connectivity index (χ3n) is 6.36. The standard InChI is InChI=1S/C25H33N3O4S/c1-25(2,3)20-15-19(22(33-20)24(30)31)27-17-6-8-18(9-7-17)32-21-14-16(10-11-26-21)23(29)28-12-4-5-13-28/h10-11,14-15,17-18,27H,4-9,12-13H2,1-3H3,(H,30,31)/t17-,18-. The molecule has 0 spiro atoms. The largest absolute Gasteiger partial charge is 0.477 e. The molecule has 1 saturated heterocycles. The summed E-state index contributed by atoms with van der Waals surface area (Å²) in [5.74, 6) is -0.339. The summed E-state index contributed by atoms with van der Waals surface area (Å²) >= 11 is 1.35. The second-order valence-corrected chi connectivity index (χ2v) is 11.1. The Bertz CT molecular complexity index is 999. The van der Waals surface area contributed by atoms with Crippen molar-refractivity contribution in [2.75, 3.05) is 18.4 Å². The topological polar surface area (TPSA) is 91.8 Å². The van der Waals surface area contributed by atoms with Gasteiger partial charge in [-0.15, -0.1) is 11.3 Å². The van der Waals surface area contributed by atoms with Gasteiger partial charge in [-0.3, -0.25) is 4.79 Å². The number of hydrogen-bond acceptors (Lipinski definition) is 6. The number of ether oxygens (including phenoxy) is 1. The van der Waals surface area contributed by atoms with Crippen LogP contribution in [0.5, 0.6) is 5.88 Å². The minimum atomic E-state index is -0.885. The molecule has 2 aliphatic rings. The van der Waals surface area contributed by atoms with E-state index in [9.17, 15) is 14.7 Å². The number of amides is 1. The number of aromatic nitrogens is 1. The number of nitrogens with one attached hydrogen (secondary N) is 1. The molecule has 2 aromatic rings. The van der Waals surface area contributed by atoms with Gasteiger partial charge in [-0.2, -0.15) is 0 Å². The molecule has 2 fully saturated rings. The van der Waals surface area contributed by atoms with E-state index in [0.717, 1.165) is 62.2 Å². The highest BCUT2D eigenvalue weighted by Crippen LogP contribution is 2.37. The first-order valence-corrected chi connectivity index (χ1v) is 12.6. The molecule has 8 heteroatoms. The van der Waals surface area contributed by atoms with Crippen molar-refractivity contribution < 1.29 is 19.4 Å². The van der Waals surface area contributed by atoms with E-state index in [4.69, 9.17) is 4.74 Å². The van der Waals surface area contributed by atoms with Crippen LogP contribution >= 0.6 is 11.3 Å². The number of anilines is 1. The van der Waals surface area contributed by atoms with E-state index in [-0.39, 0.29) is 23.5 Å². The number of likely N-dealkylation sites (tertiary alicyclic amines) is 1. The second kappa shape index (κ2) is 9.71. The lowest BCUT2D eigenvalue weighted by Crippen LogP contribution is -2.32.